The van der Waals surface area contributed by atoms with Crippen molar-refractivity contribution in [2.45, 2.75) is 25.6 Å². The first kappa shape index (κ1) is 16.4. The summed E-state index contributed by atoms with van der Waals surface area (Å²) in [6.07, 6.45) is 7.08. The Balaban J connectivity index is 1.59. The second kappa shape index (κ2) is 7.88. The molecule has 6 heteroatoms. The molecule has 0 aliphatic carbocycles. The summed E-state index contributed by atoms with van der Waals surface area (Å²) < 4.78 is 11.0. The van der Waals surface area contributed by atoms with E-state index in [1.54, 1.807) is 37.8 Å². The molecule has 0 saturated carbocycles. The van der Waals surface area contributed by atoms with Crippen molar-refractivity contribution >= 4 is 5.91 Å². The van der Waals surface area contributed by atoms with E-state index in [2.05, 4.69) is 9.97 Å². The fourth-order valence-electron chi connectivity index (χ4n) is 2.79. The Morgan fingerprint density at radius 3 is 3.08 bits per heavy atom. The van der Waals surface area contributed by atoms with Gasteiger partial charge in [-0.2, -0.15) is 0 Å². The zero-order valence-electron chi connectivity index (χ0n) is 13.7. The van der Waals surface area contributed by atoms with Gasteiger partial charge in [-0.1, -0.05) is 6.07 Å². The number of likely N-dealkylation sites (tertiary alicyclic amines) is 1. The minimum atomic E-state index is -0.00891. The van der Waals surface area contributed by atoms with Crippen LogP contribution in [-0.2, 0) is 11.3 Å². The van der Waals surface area contributed by atoms with E-state index in [0.29, 0.717) is 24.6 Å². The number of hydrogen-bond donors (Lipinski definition) is 0. The zero-order chi connectivity index (χ0) is 16.8. The maximum Gasteiger partial charge on any atom is 0.254 e. The van der Waals surface area contributed by atoms with Crippen LogP contribution in [0.4, 0.5) is 0 Å². The summed E-state index contributed by atoms with van der Waals surface area (Å²) in [5.74, 6) is 0.438. The number of nitrogens with zero attached hydrogens (tertiary/aromatic N) is 3. The molecule has 1 saturated heterocycles. The second-order valence-electron chi connectivity index (χ2n) is 5.77. The SMILES string of the molecule is COc1cc(C(=O)N2CCC[C@H](OCc3cccnc3)C2)ccn1. The van der Waals surface area contributed by atoms with Crippen molar-refractivity contribution in [1.29, 1.82) is 0 Å². The van der Waals surface area contributed by atoms with Gasteiger partial charge in [-0.3, -0.25) is 9.78 Å². The molecule has 126 valence electrons. The number of carbonyl (C=O) groups is 1. The third kappa shape index (κ3) is 4.08. The van der Waals surface area contributed by atoms with Crippen molar-refractivity contribution < 1.29 is 14.3 Å². The molecule has 0 spiro atoms. The summed E-state index contributed by atoms with van der Waals surface area (Å²) in [6, 6.07) is 7.27. The minimum Gasteiger partial charge on any atom is -0.481 e. The number of pyridine rings is 2. The molecule has 24 heavy (non-hydrogen) atoms. The number of piperidine rings is 1. The van der Waals surface area contributed by atoms with Crippen LogP contribution in [0.15, 0.2) is 42.9 Å². The highest BCUT2D eigenvalue weighted by atomic mass is 16.5. The van der Waals surface area contributed by atoms with Gasteiger partial charge in [-0.25, -0.2) is 4.98 Å². The van der Waals surface area contributed by atoms with E-state index in [-0.39, 0.29) is 12.0 Å². The lowest BCUT2D eigenvalue weighted by molar-refractivity contribution is -0.00682. The number of amides is 1. The van der Waals surface area contributed by atoms with Crippen molar-refractivity contribution in [2.24, 2.45) is 0 Å². The maximum absolute atomic E-state index is 12.7. The third-order valence-corrected chi connectivity index (χ3v) is 4.06. The first-order valence-electron chi connectivity index (χ1n) is 8.06. The molecule has 1 atom stereocenters. The Bertz CT molecular complexity index is 678. The normalized spacial score (nSPS) is 17.5. The van der Waals surface area contributed by atoms with Crippen LogP contribution in [0.2, 0.25) is 0 Å². The van der Waals surface area contributed by atoms with E-state index in [9.17, 15) is 4.79 Å². The number of carbonyl (C=O) groups excluding carboxylic acids is 1. The van der Waals surface area contributed by atoms with Crippen LogP contribution >= 0.6 is 0 Å². The molecule has 6 nitrogen and oxygen atoms in total. The monoisotopic (exact) mass is 327 g/mol. The van der Waals surface area contributed by atoms with Crippen molar-refractivity contribution in [2.75, 3.05) is 20.2 Å². The molecular formula is C18H21N3O3. The van der Waals surface area contributed by atoms with Crippen molar-refractivity contribution in [1.82, 2.24) is 14.9 Å². The summed E-state index contributed by atoms with van der Waals surface area (Å²) in [6.45, 7) is 1.86. The standard InChI is InChI=1S/C18H21N3O3/c1-23-17-10-15(6-8-20-17)18(22)21-9-3-5-16(12-21)24-13-14-4-2-7-19-11-14/h2,4,6-8,10-11,16H,3,5,9,12-13H2,1H3/t16-/m0/s1. The summed E-state index contributed by atoms with van der Waals surface area (Å²) in [4.78, 5) is 22.6. The lowest BCUT2D eigenvalue weighted by Crippen LogP contribution is -2.43. The van der Waals surface area contributed by atoms with Crippen LogP contribution in [0.5, 0.6) is 5.88 Å². The lowest BCUT2D eigenvalue weighted by atomic mass is 10.1. The number of rotatable bonds is 5. The molecule has 0 unspecified atom stereocenters. The molecule has 2 aromatic heterocycles. The van der Waals surface area contributed by atoms with E-state index in [1.807, 2.05) is 17.0 Å². The van der Waals surface area contributed by atoms with Gasteiger partial charge in [0, 0.05) is 43.3 Å². The molecule has 3 heterocycles. The van der Waals surface area contributed by atoms with E-state index >= 15 is 0 Å². The highest BCUT2D eigenvalue weighted by Crippen LogP contribution is 2.18. The molecule has 1 aliphatic rings. The Morgan fingerprint density at radius 1 is 1.38 bits per heavy atom. The van der Waals surface area contributed by atoms with Gasteiger partial charge in [0.1, 0.15) is 0 Å². The van der Waals surface area contributed by atoms with Gasteiger partial charge in [0.05, 0.1) is 19.8 Å². The van der Waals surface area contributed by atoms with Gasteiger partial charge in [-0.05, 0) is 30.5 Å². The number of ether oxygens (including phenoxy) is 2. The number of aromatic nitrogens is 2. The first-order valence-corrected chi connectivity index (χ1v) is 8.06. The average molecular weight is 327 g/mol. The van der Waals surface area contributed by atoms with E-state index in [4.69, 9.17) is 9.47 Å². The molecule has 3 rings (SSSR count). The smallest absolute Gasteiger partial charge is 0.254 e. The Labute approximate surface area is 141 Å². The predicted molar refractivity (Wildman–Crippen MR) is 88.7 cm³/mol. The van der Waals surface area contributed by atoms with Gasteiger partial charge in [0.15, 0.2) is 0 Å². The van der Waals surface area contributed by atoms with E-state index in [0.717, 1.165) is 24.9 Å². The van der Waals surface area contributed by atoms with Crippen molar-refractivity contribution in [3.8, 4) is 5.88 Å². The highest BCUT2D eigenvalue weighted by Gasteiger charge is 2.25. The maximum atomic E-state index is 12.7. The molecule has 0 radical (unpaired) electrons. The summed E-state index contributed by atoms with van der Waals surface area (Å²) in [7, 11) is 1.54. The molecular weight excluding hydrogens is 306 g/mol. The predicted octanol–water partition coefficient (Wildman–Crippen LogP) is 2.31. The van der Waals surface area contributed by atoms with E-state index in [1.165, 1.54) is 0 Å². The first-order chi connectivity index (χ1) is 11.8. The molecule has 0 N–H and O–H groups in total. The van der Waals surface area contributed by atoms with Crippen LogP contribution in [0.1, 0.15) is 28.8 Å². The molecule has 0 aromatic carbocycles. The number of hydrogen-bond acceptors (Lipinski definition) is 5. The van der Waals surface area contributed by atoms with Crippen LogP contribution in [0, 0.1) is 0 Å². The van der Waals surface area contributed by atoms with Crippen LogP contribution in [0.3, 0.4) is 0 Å². The second-order valence-corrected chi connectivity index (χ2v) is 5.77. The van der Waals surface area contributed by atoms with Crippen LogP contribution in [0.25, 0.3) is 0 Å². The van der Waals surface area contributed by atoms with Gasteiger partial charge >= 0.3 is 0 Å². The zero-order valence-corrected chi connectivity index (χ0v) is 13.7. The average Bonchev–Trinajstić information content (AvgIpc) is 2.67. The Morgan fingerprint density at radius 2 is 2.29 bits per heavy atom. The molecule has 2 aromatic rings. The summed E-state index contributed by atoms with van der Waals surface area (Å²) in [5, 5.41) is 0. The van der Waals surface area contributed by atoms with Gasteiger partial charge in [0.25, 0.3) is 5.91 Å². The van der Waals surface area contributed by atoms with E-state index < -0.39 is 0 Å². The minimum absolute atomic E-state index is 0.00891. The van der Waals surface area contributed by atoms with Crippen molar-refractivity contribution in [3.63, 3.8) is 0 Å². The largest absolute Gasteiger partial charge is 0.481 e. The van der Waals surface area contributed by atoms with Crippen LogP contribution in [-0.4, -0.2) is 47.1 Å². The third-order valence-electron chi connectivity index (χ3n) is 4.06. The van der Waals surface area contributed by atoms with Gasteiger partial charge in [-0.15, -0.1) is 0 Å². The molecule has 0 bridgehead atoms. The molecule has 1 fully saturated rings. The summed E-state index contributed by atoms with van der Waals surface area (Å²) >= 11 is 0. The van der Waals surface area contributed by atoms with Gasteiger partial charge < -0.3 is 14.4 Å². The fraction of sp³-hybridized carbons (Fsp3) is 0.389. The Hall–Kier alpha value is -2.47. The topological polar surface area (TPSA) is 64.5 Å². The Kier molecular flexibility index (Phi) is 5.38. The molecule has 1 amide bonds. The number of methoxy groups -OCH3 is 1. The quantitative estimate of drug-likeness (QED) is 0.843. The van der Waals surface area contributed by atoms with Crippen molar-refractivity contribution in [3.05, 3.63) is 54.0 Å². The highest BCUT2D eigenvalue weighted by molar-refractivity contribution is 5.94. The summed E-state index contributed by atoms with van der Waals surface area (Å²) in [5.41, 5.74) is 1.63. The molecule has 1 aliphatic heterocycles. The van der Waals surface area contributed by atoms with Gasteiger partial charge in [0.2, 0.25) is 5.88 Å². The fourth-order valence-corrected chi connectivity index (χ4v) is 2.79. The lowest BCUT2D eigenvalue weighted by Gasteiger charge is -2.32. The van der Waals surface area contributed by atoms with Crippen LogP contribution < -0.4 is 4.74 Å².